The molecule has 138 valence electrons. The van der Waals surface area contributed by atoms with Gasteiger partial charge in [-0.05, 0) is 47.7 Å². The van der Waals surface area contributed by atoms with Crippen LogP contribution in [-0.2, 0) is 0 Å². The molecule has 0 aromatic heterocycles. The monoisotopic (exact) mass is 346 g/mol. The lowest BCUT2D eigenvalue weighted by Crippen LogP contribution is -1.84. The fourth-order valence-corrected chi connectivity index (χ4v) is 2.59. The minimum Gasteiger partial charge on any atom is -0.106 e. The molecule has 0 heteroatoms. The van der Waals surface area contributed by atoms with Crippen molar-refractivity contribution in [3.8, 4) is 22.3 Å². The molecule has 0 nitrogen and oxygen atoms in total. The first kappa shape index (κ1) is 23.4. The molecule has 0 unspecified atom stereocenters. The molecule has 0 saturated heterocycles. The van der Waals surface area contributed by atoms with Crippen LogP contribution in [-0.4, -0.2) is 0 Å². The van der Waals surface area contributed by atoms with Crippen molar-refractivity contribution in [2.45, 2.75) is 41.5 Å². The van der Waals surface area contributed by atoms with Gasteiger partial charge in [-0.15, -0.1) is 13.2 Å². The first-order valence-electron chi connectivity index (χ1n) is 9.47. The second kappa shape index (κ2) is 13.7. The van der Waals surface area contributed by atoms with Gasteiger partial charge in [-0.2, -0.15) is 0 Å². The third-order valence-corrected chi connectivity index (χ3v) is 3.67. The first-order valence-corrected chi connectivity index (χ1v) is 9.47. The second-order valence-corrected chi connectivity index (χ2v) is 5.27. The summed E-state index contributed by atoms with van der Waals surface area (Å²) in [7, 11) is 0. The number of aryl methyl sites for hydroxylation is 2. The first-order chi connectivity index (χ1) is 12.7. The molecule has 0 saturated carbocycles. The van der Waals surface area contributed by atoms with Gasteiger partial charge in [0, 0.05) is 0 Å². The third kappa shape index (κ3) is 6.72. The number of hydrogen-bond acceptors (Lipinski definition) is 0. The molecule has 0 heterocycles. The van der Waals surface area contributed by atoms with E-state index in [0.717, 1.165) is 0 Å². The summed E-state index contributed by atoms with van der Waals surface area (Å²) in [5.41, 5.74) is 7.75. The molecule has 3 aromatic rings. The van der Waals surface area contributed by atoms with Gasteiger partial charge in [0.05, 0.1) is 0 Å². The van der Waals surface area contributed by atoms with Crippen molar-refractivity contribution in [1.29, 1.82) is 0 Å². The lowest BCUT2D eigenvalue weighted by molar-refractivity contribution is 1.45. The molecule has 0 amide bonds. The highest BCUT2D eigenvalue weighted by Crippen LogP contribution is 2.28. The SMILES string of the molecule is C=C.CC.CC.Cc1cccc(-c2cccc(-c3ccccc3C)c2)c1. The number of hydrogen-bond donors (Lipinski definition) is 0. The molecule has 3 aromatic carbocycles. The van der Waals surface area contributed by atoms with Gasteiger partial charge in [0.1, 0.15) is 0 Å². The van der Waals surface area contributed by atoms with Crippen LogP contribution in [0.25, 0.3) is 22.3 Å². The predicted octanol–water partition coefficient (Wildman–Crippen LogP) is 8.49. The van der Waals surface area contributed by atoms with E-state index in [0.29, 0.717) is 0 Å². The zero-order chi connectivity index (χ0) is 19.9. The minimum atomic E-state index is 1.27. The van der Waals surface area contributed by atoms with E-state index in [1.54, 1.807) is 0 Å². The van der Waals surface area contributed by atoms with E-state index in [-0.39, 0.29) is 0 Å². The Morgan fingerprint density at radius 1 is 0.538 bits per heavy atom. The summed E-state index contributed by atoms with van der Waals surface area (Å²) in [5.74, 6) is 0. The topological polar surface area (TPSA) is 0 Å². The second-order valence-electron chi connectivity index (χ2n) is 5.27. The van der Waals surface area contributed by atoms with Gasteiger partial charge in [-0.1, -0.05) is 100.0 Å². The van der Waals surface area contributed by atoms with E-state index in [4.69, 9.17) is 0 Å². The van der Waals surface area contributed by atoms with Crippen LogP contribution >= 0.6 is 0 Å². The van der Waals surface area contributed by atoms with Gasteiger partial charge in [-0.25, -0.2) is 0 Å². The Balaban J connectivity index is 0.000000948. The maximum Gasteiger partial charge on any atom is -0.0155 e. The van der Waals surface area contributed by atoms with Gasteiger partial charge in [0.2, 0.25) is 0 Å². The summed E-state index contributed by atoms with van der Waals surface area (Å²) in [6, 6.07) is 26.0. The van der Waals surface area contributed by atoms with Crippen LogP contribution in [0.2, 0.25) is 0 Å². The molecule has 0 N–H and O–H groups in total. The maximum absolute atomic E-state index is 3.00. The fraction of sp³-hybridized carbons (Fsp3) is 0.231. The van der Waals surface area contributed by atoms with E-state index in [1.807, 2.05) is 27.7 Å². The lowest BCUT2D eigenvalue weighted by Gasteiger charge is -2.09. The van der Waals surface area contributed by atoms with Crippen LogP contribution in [0.15, 0.2) is 86.0 Å². The molecule has 0 aliphatic rings. The van der Waals surface area contributed by atoms with Gasteiger partial charge in [0.25, 0.3) is 0 Å². The van der Waals surface area contributed by atoms with E-state index >= 15 is 0 Å². The Kier molecular flexibility index (Phi) is 12.3. The molecular formula is C26H34. The van der Waals surface area contributed by atoms with Crippen LogP contribution in [0, 0.1) is 13.8 Å². The molecule has 0 spiro atoms. The Morgan fingerprint density at radius 3 is 1.62 bits per heavy atom. The fourth-order valence-electron chi connectivity index (χ4n) is 2.59. The van der Waals surface area contributed by atoms with Crippen molar-refractivity contribution < 1.29 is 0 Å². The molecule has 26 heavy (non-hydrogen) atoms. The minimum absolute atomic E-state index is 1.27. The Morgan fingerprint density at radius 2 is 1.04 bits per heavy atom. The quantitative estimate of drug-likeness (QED) is 0.408. The van der Waals surface area contributed by atoms with Crippen LogP contribution in [0.5, 0.6) is 0 Å². The highest BCUT2D eigenvalue weighted by molar-refractivity contribution is 5.74. The third-order valence-electron chi connectivity index (χ3n) is 3.67. The normalized spacial score (nSPS) is 8.69. The van der Waals surface area contributed by atoms with E-state index in [2.05, 4.69) is 99.8 Å². The van der Waals surface area contributed by atoms with Crippen molar-refractivity contribution >= 4 is 0 Å². The molecule has 0 fully saturated rings. The summed E-state index contributed by atoms with van der Waals surface area (Å²) in [5, 5.41) is 0. The predicted molar refractivity (Wildman–Crippen MR) is 121 cm³/mol. The molecule has 0 bridgehead atoms. The summed E-state index contributed by atoms with van der Waals surface area (Å²) in [6.45, 7) is 18.3. The number of benzene rings is 3. The van der Waals surface area contributed by atoms with Gasteiger partial charge < -0.3 is 0 Å². The lowest BCUT2D eigenvalue weighted by atomic mass is 9.96. The average Bonchev–Trinajstić information content (AvgIpc) is 2.73. The van der Waals surface area contributed by atoms with Crippen LogP contribution < -0.4 is 0 Å². The summed E-state index contributed by atoms with van der Waals surface area (Å²) >= 11 is 0. The summed E-state index contributed by atoms with van der Waals surface area (Å²) in [4.78, 5) is 0. The zero-order valence-corrected chi connectivity index (χ0v) is 17.3. The average molecular weight is 347 g/mol. The van der Waals surface area contributed by atoms with Crippen LogP contribution in [0.4, 0.5) is 0 Å². The van der Waals surface area contributed by atoms with Crippen molar-refractivity contribution in [3.05, 3.63) is 97.1 Å². The smallest absolute Gasteiger partial charge is 0.0155 e. The Labute approximate surface area is 161 Å². The molecule has 0 aliphatic carbocycles. The molecule has 0 radical (unpaired) electrons. The maximum atomic E-state index is 3.00. The molecule has 0 atom stereocenters. The van der Waals surface area contributed by atoms with Crippen LogP contribution in [0.3, 0.4) is 0 Å². The van der Waals surface area contributed by atoms with Crippen LogP contribution in [0.1, 0.15) is 38.8 Å². The van der Waals surface area contributed by atoms with E-state index in [1.165, 1.54) is 33.4 Å². The molecule has 3 rings (SSSR count). The number of rotatable bonds is 2. The van der Waals surface area contributed by atoms with Crippen molar-refractivity contribution in [2.75, 3.05) is 0 Å². The largest absolute Gasteiger partial charge is 0.106 e. The Bertz CT molecular complexity index is 753. The Hall–Kier alpha value is -2.60. The van der Waals surface area contributed by atoms with Crippen molar-refractivity contribution in [3.63, 3.8) is 0 Å². The zero-order valence-electron chi connectivity index (χ0n) is 17.3. The van der Waals surface area contributed by atoms with Gasteiger partial charge >= 0.3 is 0 Å². The van der Waals surface area contributed by atoms with Crippen molar-refractivity contribution in [1.82, 2.24) is 0 Å². The summed E-state index contributed by atoms with van der Waals surface area (Å²) < 4.78 is 0. The van der Waals surface area contributed by atoms with Gasteiger partial charge in [0.15, 0.2) is 0 Å². The van der Waals surface area contributed by atoms with Gasteiger partial charge in [-0.3, -0.25) is 0 Å². The highest BCUT2D eigenvalue weighted by Gasteiger charge is 2.03. The van der Waals surface area contributed by atoms with Crippen molar-refractivity contribution in [2.24, 2.45) is 0 Å². The molecular weight excluding hydrogens is 312 g/mol. The highest BCUT2D eigenvalue weighted by atomic mass is 14.1. The van der Waals surface area contributed by atoms with E-state index in [9.17, 15) is 0 Å². The standard InChI is InChI=1S/C20H18.2C2H6.C2H4/c1-15-7-5-9-17(13-15)18-10-6-11-19(14-18)20-12-4-3-8-16(20)2;3*1-2/h3-14H,1-2H3;2*1-2H3;1-2H2. The summed E-state index contributed by atoms with van der Waals surface area (Å²) in [6.07, 6.45) is 0. The van der Waals surface area contributed by atoms with E-state index < -0.39 is 0 Å². The molecule has 0 aliphatic heterocycles.